The number of carboxylic acids is 1. The van der Waals surface area contributed by atoms with Crippen molar-refractivity contribution in [3.05, 3.63) is 76.0 Å². The number of aryl methyl sites for hydroxylation is 2. The van der Waals surface area contributed by atoms with E-state index in [1.165, 1.54) is 29.9 Å². The van der Waals surface area contributed by atoms with Crippen LogP contribution in [0.5, 0.6) is 5.75 Å². The second-order valence-electron chi connectivity index (χ2n) is 7.59. The predicted molar refractivity (Wildman–Crippen MR) is 122 cm³/mol. The van der Waals surface area contributed by atoms with Crippen molar-refractivity contribution in [2.75, 3.05) is 11.4 Å². The van der Waals surface area contributed by atoms with E-state index in [2.05, 4.69) is 5.32 Å². The summed E-state index contributed by atoms with van der Waals surface area (Å²) in [6, 6.07) is 10.1. The third kappa shape index (κ3) is 4.87. The van der Waals surface area contributed by atoms with Crippen molar-refractivity contribution >= 4 is 23.4 Å². The zero-order valence-electron chi connectivity index (χ0n) is 18.4. The fourth-order valence-corrected chi connectivity index (χ4v) is 3.55. The van der Waals surface area contributed by atoms with Crippen LogP contribution in [0, 0.1) is 19.7 Å². The number of aromatic nitrogens is 1. The number of benzene rings is 2. The number of hydrogen-bond donors (Lipinski definition) is 3. The normalized spacial score (nSPS) is 10.7. The van der Waals surface area contributed by atoms with Gasteiger partial charge in [0.1, 0.15) is 11.6 Å². The minimum absolute atomic E-state index is 0.0414. The molecule has 0 saturated carbocycles. The molecule has 0 atom stereocenters. The van der Waals surface area contributed by atoms with E-state index < -0.39 is 29.1 Å². The number of aliphatic carboxylic acids is 1. The molecule has 3 rings (SSSR count). The van der Waals surface area contributed by atoms with Gasteiger partial charge in [0.05, 0.1) is 12.1 Å². The number of amides is 2. The number of pyridine rings is 1. The Morgan fingerprint density at radius 1 is 1.12 bits per heavy atom. The first kappa shape index (κ1) is 23.5. The lowest BCUT2D eigenvalue weighted by molar-refractivity contribution is -0.136. The van der Waals surface area contributed by atoms with Gasteiger partial charge in [-0.1, -0.05) is 24.3 Å². The molecule has 1 aromatic heterocycles. The summed E-state index contributed by atoms with van der Waals surface area (Å²) in [5.74, 6) is -2.25. The molecule has 172 valence electrons. The molecule has 3 N–H and O–H groups in total. The molecular weight excluding hydrogens is 429 g/mol. The van der Waals surface area contributed by atoms with Crippen LogP contribution in [0.1, 0.15) is 17.5 Å². The maximum absolute atomic E-state index is 14.8. The summed E-state index contributed by atoms with van der Waals surface area (Å²) in [6.45, 7) is 3.32. The van der Waals surface area contributed by atoms with E-state index in [9.17, 15) is 23.9 Å². The molecule has 0 fully saturated rings. The van der Waals surface area contributed by atoms with Gasteiger partial charge in [-0.05, 0) is 54.3 Å². The summed E-state index contributed by atoms with van der Waals surface area (Å²) >= 11 is 0. The van der Waals surface area contributed by atoms with Crippen molar-refractivity contribution in [3.63, 3.8) is 0 Å². The largest absolute Gasteiger partial charge is 0.505 e. The monoisotopic (exact) mass is 453 g/mol. The average Bonchev–Trinajstić information content (AvgIpc) is 2.75. The molecule has 0 saturated heterocycles. The highest BCUT2D eigenvalue weighted by Crippen LogP contribution is 2.38. The van der Waals surface area contributed by atoms with Crippen molar-refractivity contribution in [2.24, 2.45) is 7.05 Å². The first-order chi connectivity index (χ1) is 15.6. The molecule has 0 bridgehead atoms. The van der Waals surface area contributed by atoms with Gasteiger partial charge in [-0.15, -0.1) is 0 Å². The molecule has 1 heterocycles. The van der Waals surface area contributed by atoms with Crippen molar-refractivity contribution in [2.45, 2.75) is 20.3 Å². The lowest BCUT2D eigenvalue weighted by atomic mass is 9.95. The van der Waals surface area contributed by atoms with Crippen molar-refractivity contribution in [1.29, 1.82) is 0 Å². The zero-order valence-corrected chi connectivity index (χ0v) is 18.4. The standard InChI is InChI=1S/C24H24FN3O5/c1-14-6-4-5-7-17(14)18-12-16(25)13-19(15(18)2)28(24(33)26-10-8-21(30)31)22-20(29)9-11-27(3)23(22)32/h4-7,9,11-13,29H,8,10H2,1-3H3,(H,26,33)(H,30,31). The summed E-state index contributed by atoms with van der Waals surface area (Å²) in [6.07, 6.45) is 0.980. The first-order valence-electron chi connectivity index (χ1n) is 10.2. The van der Waals surface area contributed by atoms with Gasteiger partial charge in [-0.3, -0.25) is 14.5 Å². The van der Waals surface area contributed by atoms with Crippen molar-refractivity contribution < 1.29 is 24.2 Å². The van der Waals surface area contributed by atoms with Crippen LogP contribution in [0.4, 0.5) is 20.6 Å². The van der Waals surface area contributed by atoms with Crippen LogP contribution >= 0.6 is 0 Å². The van der Waals surface area contributed by atoms with Gasteiger partial charge >= 0.3 is 12.0 Å². The van der Waals surface area contributed by atoms with E-state index in [4.69, 9.17) is 5.11 Å². The van der Waals surface area contributed by atoms with E-state index in [1.807, 2.05) is 31.2 Å². The Morgan fingerprint density at radius 2 is 1.82 bits per heavy atom. The first-order valence-corrected chi connectivity index (χ1v) is 10.2. The molecule has 2 amide bonds. The van der Waals surface area contributed by atoms with E-state index in [0.29, 0.717) is 11.1 Å². The van der Waals surface area contributed by atoms with E-state index in [1.54, 1.807) is 6.92 Å². The van der Waals surface area contributed by atoms with Crippen molar-refractivity contribution in [3.8, 4) is 16.9 Å². The lowest BCUT2D eigenvalue weighted by Crippen LogP contribution is -2.41. The maximum Gasteiger partial charge on any atom is 0.326 e. The molecule has 0 aliphatic carbocycles. The number of nitrogens with one attached hydrogen (secondary N) is 1. The highest BCUT2D eigenvalue weighted by molar-refractivity contribution is 6.02. The van der Waals surface area contributed by atoms with Crippen LogP contribution < -0.4 is 15.8 Å². The average molecular weight is 453 g/mol. The fraction of sp³-hybridized carbons (Fsp3) is 0.208. The minimum Gasteiger partial charge on any atom is -0.505 e. The fourth-order valence-electron chi connectivity index (χ4n) is 3.55. The highest BCUT2D eigenvalue weighted by atomic mass is 19.1. The number of halogens is 1. The molecule has 0 unspecified atom stereocenters. The van der Waals surface area contributed by atoms with E-state index in [0.717, 1.165) is 22.1 Å². The topological polar surface area (TPSA) is 112 Å². The second kappa shape index (κ2) is 9.56. The number of urea groups is 1. The molecule has 0 spiro atoms. The van der Waals surface area contributed by atoms with Gasteiger partial charge in [-0.2, -0.15) is 0 Å². The summed E-state index contributed by atoms with van der Waals surface area (Å²) in [4.78, 5) is 37.8. The number of hydrogen-bond acceptors (Lipinski definition) is 4. The number of nitrogens with zero attached hydrogens (tertiary/aromatic N) is 2. The SMILES string of the molecule is Cc1ccccc1-c1cc(F)cc(N(C(=O)NCCC(=O)O)c2c(O)ccn(C)c2=O)c1C. The molecule has 8 nitrogen and oxygen atoms in total. The number of carboxylic acid groups (broad SMARTS) is 1. The summed E-state index contributed by atoms with van der Waals surface area (Å²) in [7, 11) is 1.45. The number of aromatic hydroxyl groups is 1. The highest BCUT2D eigenvalue weighted by Gasteiger charge is 2.28. The van der Waals surface area contributed by atoms with Crippen molar-refractivity contribution in [1.82, 2.24) is 9.88 Å². The number of rotatable bonds is 6. The number of anilines is 2. The van der Waals surface area contributed by atoms with Crippen LogP contribution in [0.25, 0.3) is 11.1 Å². The van der Waals surface area contributed by atoms with Crippen LogP contribution in [0.2, 0.25) is 0 Å². The predicted octanol–water partition coefficient (Wildman–Crippen LogP) is 3.84. The van der Waals surface area contributed by atoms with Gasteiger partial charge < -0.3 is 20.1 Å². The third-order valence-electron chi connectivity index (χ3n) is 5.28. The molecule has 2 aromatic carbocycles. The number of carbonyl (C=O) groups excluding carboxylic acids is 1. The Balaban J connectivity index is 2.25. The lowest BCUT2D eigenvalue weighted by Gasteiger charge is -2.26. The third-order valence-corrected chi connectivity index (χ3v) is 5.28. The molecule has 0 radical (unpaired) electrons. The molecule has 0 aliphatic rings. The van der Waals surface area contributed by atoms with Crippen LogP contribution in [0.15, 0.2) is 53.5 Å². The van der Waals surface area contributed by atoms with E-state index in [-0.39, 0.29) is 24.3 Å². The summed E-state index contributed by atoms with van der Waals surface area (Å²) < 4.78 is 16.0. The molecule has 3 aromatic rings. The Bertz CT molecular complexity index is 1290. The maximum atomic E-state index is 14.8. The minimum atomic E-state index is -1.12. The van der Waals surface area contributed by atoms with Crippen LogP contribution in [-0.2, 0) is 11.8 Å². The van der Waals surface area contributed by atoms with Gasteiger partial charge in [0.25, 0.3) is 5.56 Å². The second-order valence-corrected chi connectivity index (χ2v) is 7.59. The van der Waals surface area contributed by atoms with Gasteiger partial charge in [0.15, 0.2) is 5.69 Å². The van der Waals surface area contributed by atoms with Gasteiger partial charge in [0.2, 0.25) is 0 Å². The van der Waals surface area contributed by atoms with Gasteiger partial charge in [-0.25, -0.2) is 9.18 Å². The Morgan fingerprint density at radius 3 is 2.48 bits per heavy atom. The smallest absolute Gasteiger partial charge is 0.326 e. The van der Waals surface area contributed by atoms with E-state index >= 15 is 0 Å². The molecule has 33 heavy (non-hydrogen) atoms. The Labute approximate surface area is 189 Å². The molecule has 9 heteroatoms. The zero-order chi connectivity index (χ0) is 24.3. The Kier molecular flexibility index (Phi) is 6.81. The summed E-state index contributed by atoms with van der Waals surface area (Å²) in [5, 5.41) is 21.8. The molecule has 0 aliphatic heterocycles. The Hall–Kier alpha value is -4.14. The van der Waals surface area contributed by atoms with Crippen LogP contribution in [0.3, 0.4) is 0 Å². The number of carbonyl (C=O) groups is 2. The van der Waals surface area contributed by atoms with Gasteiger partial charge in [0, 0.05) is 19.8 Å². The molecular formula is C24H24FN3O5. The summed E-state index contributed by atoms with van der Waals surface area (Å²) in [5.41, 5.74) is 1.60. The quantitative estimate of drug-likeness (QED) is 0.525. The van der Waals surface area contributed by atoms with Crippen LogP contribution in [-0.4, -0.2) is 33.3 Å².